The molecule has 0 radical (unpaired) electrons. The summed E-state index contributed by atoms with van der Waals surface area (Å²) in [5, 5.41) is 5.40. The first-order valence-corrected chi connectivity index (χ1v) is 8.21. The molecule has 26 heavy (non-hydrogen) atoms. The quantitative estimate of drug-likeness (QED) is 0.775. The lowest BCUT2D eigenvalue weighted by atomic mass is 10.2. The van der Waals surface area contributed by atoms with E-state index in [9.17, 15) is 22.8 Å². The van der Waals surface area contributed by atoms with Crippen molar-refractivity contribution in [2.75, 3.05) is 5.32 Å². The Morgan fingerprint density at radius 1 is 1.00 bits per heavy atom. The van der Waals surface area contributed by atoms with E-state index in [0.29, 0.717) is 17.5 Å². The third-order valence-electron chi connectivity index (χ3n) is 4.17. The largest absolute Gasteiger partial charge is 0.352 e. The van der Waals surface area contributed by atoms with Crippen molar-refractivity contribution in [1.29, 1.82) is 0 Å². The first-order chi connectivity index (χ1) is 12.4. The Bertz CT molecular complexity index is 876. The summed E-state index contributed by atoms with van der Waals surface area (Å²) in [4.78, 5) is 24.2. The van der Waals surface area contributed by atoms with Gasteiger partial charge in [0.05, 0.1) is 17.5 Å². The second kappa shape index (κ2) is 7.37. The topological polar surface area (TPSA) is 58.2 Å². The molecule has 1 aliphatic carbocycles. The molecule has 3 rings (SSSR count). The van der Waals surface area contributed by atoms with Gasteiger partial charge in [-0.15, -0.1) is 0 Å². The number of amides is 2. The molecule has 2 amide bonds. The lowest BCUT2D eigenvalue weighted by molar-refractivity contribution is -0.125. The lowest BCUT2D eigenvalue weighted by Crippen LogP contribution is -2.27. The van der Waals surface area contributed by atoms with Crippen LogP contribution in [0.2, 0.25) is 5.02 Å². The van der Waals surface area contributed by atoms with Gasteiger partial charge < -0.3 is 10.6 Å². The normalized spacial score (nSPS) is 18.3. The van der Waals surface area contributed by atoms with Crippen molar-refractivity contribution in [2.24, 2.45) is 11.8 Å². The number of carbonyl (C=O) groups is 2. The third kappa shape index (κ3) is 3.83. The van der Waals surface area contributed by atoms with Gasteiger partial charge in [-0.25, -0.2) is 13.2 Å². The fourth-order valence-corrected chi connectivity index (χ4v) is 2.78. The number of hydrogen-bond acceptors (Lipinski definition) is 2. The van der Waals surface area contributed by atoms with E-state index in [4.69, 9.17) is 11.6 Å². The first-order valence-electron chi connectivity index (χ1n) is 7.84. The van der Waals surface area contributed by atoms with Crippen molar-refractivity contribution in [2.45, 2.75) is 13.0 Å². The fourth-order valence-electron chi connectivity index (χ4n) is 2.58. The smallest absolute Gasteiger partial charge is 0.228 e. The highest BCUT2D eigenvalue weighted by atomic mass is 35.5. The third-order valence-corrected chi connectivity index (χ3v) is 4.54. The lowest BCUT2D eigenvalue weighted by Gasteiger charge is -2.08. The molecule has 0 heterocycles. The highest BCUT2D eigenvalue weighted by Gasteiger charge is 2.48. The monoisotopic (exact) mass is 382 g/mol. The maximum absolute atomic E-state index is 13.6. The van der Waals surface area contributed by atoms with Gasteiger partial charge in [-0.2, -0.15) is 0 Å². The molecule has 0 spiro atoms. The van der Waals surface area contributed by atoms with Gasteiger partial charge in [0, 0.05) is 11.6 Å². The van der Waals surface area contributed by atoms with Gasteiger partial charge in [0.1, 0.15) is 0 Å². The zero-order chi connectivity index (χ0) is 18.8. The molecule has 136 valence electrons. The molecule has 2 atom stereocenters. The van der Waals surface area contributed by atoms with E-state index in [1.165, 1.54) is 0 Å². The van der Waals surface area contributed by atoms with Gasteiger partial charge in [0.2, 0.25) is 11.8 Å². The van der Waals surface area contributed by atoms with Crippen molar-refractivity contribution in [3.63, 3.8) is 0 Å². The van der Waals surface area contributed by atoms with Gasteiger partial charge in [-0.3, -0.25) is 9.59 Å². The number of hydrogen-bond donors (Lipinski definition) is 2. The molecule has 0 bridgehead atoms. The molecule has 1 fully saturated rings. The highest BCUT2D eigenvalue weighted by molar-refractivity contribution is 6.31. The minimum atomic E-state index is -1.66. The Labute approximate surface area is 152 Å². The molecule has 2 N–H and O–H groups in total. The molecular formula is C18H14ClF3N2O2. The van der Waals surface area contributed by atoms with Crippen molar-refractivity contribution in [3.8, 4) is 0 Å². The van der Waals surface area contributed by atoms with Crippen LogP contribution in [0.5, 0.6) is 0 Å². The summed E-state index contributed by atoms with van der Waals surface area (Å²) >= 11 is 6.00. The zero-order valence-electron chi connectivity index (χ0n) is 13.4. The minimum Gasteiger partial charge on any atom is -0.352 e. The van der Waals surface area contributed by atoms with Crippen LogP contribution in [0.4, 0.5) is 18.9 Å². The maximum atomic E-state index is 13.6. The van der Waals surface area contributed by atoms with Crippen molar-refractivity contribution < 1.29 is 22.8 Å². The molecule has 1 aliphatic rings. The van der Waals surface area contributed by atoms with Gasteiger partial charge in [-0.1, -0.05) is 29.8 Å². The molecule has 1 saturated carbocycles. The number of benzene rings is 2. The van der Waals surface area contributed by atoms with E-state index in [1.807, 2.05) is 0 Å². The fraction of sp³-hybridized carbons (Fsp3) is 0.222. The predicted molar refractivity (Wildman–Crippen MR) is 89.8 cm³/mol. The summed E-state index contributed by atoms with van der Waals surface area (Å²) in [5.41, 5.74) is 0.282. The molecule has 2 aromatic rings. The van der Waals surface area contributed by atoms with Crippen LogP contribution in [0.3, 0.4) is 0 Å². The molecule has 4 nitrogen and oxygen atoms in total. The number of rotatable bonds is 5. The molecule has 0 aliphatic heterocycles. The van der Waals surface area contributed by atoms with Crippen LogP contribution in [0.15, 0.2) is 36.4 Å². The first kappa shape index (κ1) is 18.3. The van der Waals surface area contributed by atoms with E-state index in [1.54, 1.807) is 24.3 Å². The van der Waals surface area contributed by atoms with Crippen LogP contribution in [-0.2, 0) is 16.1 Å². The molecule has 2 aromatic carbocycles. The predicted octanol–water partition coefficient (Wildman–Crippen LogP) is 3.65. The van der Waals surface area contributed by atoms with E-state index < -0.39 is 40.9 Å². The Hall–Kier alpha value is -2.54. The molecule has 2 unspecified atom stereocenters. The number of carbonyl (C=O) groups excluding carboxylic acids is 2. The minimum absolute atomic E-state index is 0.223. The number of anilines is 1. The Morgan fingerprint density at radius 3 is 2.42 bits per heavy atom. The second-order valence-electron chi connectivity index (χ2n) is 5.97. The van der Waals surface area contributed by atoms with Crippen LogP contribution < -0.4 is 10.6 Å². The average Bonchev–Trinajstić information content (AvgIpc) is 3.42. The van der Waals surface area contributed by atoms with Crippen molar-refractivity contribution >= 4 is 29.1 Å². The molecule has 0 aromatic heterocycles. The summed E-state index contributed by atoms with van der Waals surface area (Å²) in [6, 6.07) is 8.68. The Morgan fingerprint density at radius 2 is 1.69 bits per heavy atom. The summed E-state index contributed by atoms with van der Waals surface area (Å²) < 4.78 is 39.7. The SMILES string of the molecule is O=C(NCc1ccccc1Cl)C1CC1C(=O)Nc1ccc(F)c(F)c1F. The van der Waals surface area contributed by atoms with E-state index in [0.717, 1.165) is 11.6 Å². The van der Waals surface area contributed by atoms with Gasteiger partial charge in [0.15, 0.2) is 17.5 Å². The van der Waals surface area contributed by atoms with Crippen LogP contribution in [0, 0.1) is 29.3 Å². The Balaban J connectivity index is 1.55. The van der Waals surface area contributed by atoms with Gasteiger partial charge in [-0.05, 0) is 30.2 Å². The van der Waals surface area contributed by atoms with Crippen LogP contribution >= 0.6 is 11.6 Å². The zero-order valence-corrected chi connectivity index (χ0v) is 14.1. The number of nitrogens with one attached hydrogen (secondary N) is 2. The second-order valence-corrected chi connectivity index (χ2v) is 6.38. The van der Waals surface area contributed by atoms with E-state index in [-0.39, 0.29) is 12.5 Å². The van der Waals surface area contributed by atoms with Crippen molar-refractivity contribution in [3.05, 3.63) is 64.4 Å². The highest BCUT2D eigenvalue weighted by Crippen LogP contribution is 2.40. The molecule has 0 saturated heterocycles. The average molecular weight is 383 g/mol. The van der Waals surface area contributed by atoms with Crippen LogP contribution in [-0.4, -0.2) is 11.8 Å². The van der Waals surface area contributed by atoms with Gasteiger partial charge >= 0.3 is 0 Å². The van der Waals surface area contributed by atoms with Gasteiger partial charge in [0.25, 0.3) is 0 Å². The molecule has 8 heteroatoms. The standard InChI is InChI=1S/C18H14ClF3N2O2/c19-12-4-2-1-3-9(12)8-23-17(25)10-7-11(10)18(26)24-14-6-5-13(20)15(21)16(14)22/h1-6,10-11H,7-8H2,(H,23,25)(H,24,26). The van der Waals surface area contributed by atoms with Crippen molar-refractivity contribution in [1.82, 2.24) is 5.32 Å². The maximum Gasteiger partial charge on any atom is 0.228 e. The number of halogens is 4. The van der Waals surface area contributed by atoms with E-state index in [2.05, 4.69) is 10.6 Å². The summed E-state index contributed by atoms with van der Waals surface area (Å²) in [5.74, 6) is -6.61. The van der Waals surface area contributed by atoms with Crippen LogP contribution in [0.25, 0.3) is 0 Å². The Kier molecular flexibility index (Phi) is 5.18. The summed E-state index contributed by atoms with van der Waals surface area (Å²) in [6.45, 7) is 0.223. The van der Waals surface area contributed by atoms with Crippen LogP contribution in [0.1, 0.15) is 12.0 Å². The molecular weight excluding hydrogens is 369 g/mol. The van der Waals surface area contributed by atoms with E-state index >= 15 is 0 Å². The summed E-state index contributed by atoms with van der Waals surface area (Å²) in [7, 11) is 0. The summed E-state index contributed by atoms with van der Waals surface area (Å²) in [6.07, 6.45) is 0.297.